The zero-order chi connectivity index (χ0) is 21.3. The maximum absolute atomic E-state index is 12.9. The normalized spacial score (nSPS) is 12.3. The number of alkyl halides is 2. The van der Waals surface area contributed by atoms with Crippen LogP contribution < -0.4 is 10.1 Å². The Labute approximate surface area is 171 Å². The average Bonchev–Trinajstić information content (AvgIpc) is 3.19. The number of hydrogen-bond donors (Lipinski definition) is 2. The molecule has 0 aliphatic carbocycles. The summed E-state index contributed by atoms with van der Waals surface area (Å²) in [6.07, 6.45) is 1.81. The minimum atomic E-state index is -2.94. The van der Waals surface area contributed by atoms with Crippen molar-refractivity contribution in [2.75, 3.05) is 5.32 Å². The first-order valence-electron chi connectivity index (χ1n) is 9.37. The standard InChI is InChI=1S/C22H20F2N4O2/c1-13-8-9-17(19(11-13)30-21(23)24)20-18-7-4-10-28(18)22(27-26-20)25-14(2)15-5-3-6-16(29)12-15/h3-12,14,21,29H,1-2H3,(H,25,27). The number of anilines is 1. The Balaban J connectivity index is 1.74. The number of phenolic OH excluding ortho intramolecular Hbond substituents is 1. The SMILES string of the molecule is Cc1ccc(-c2nnc(NC(C)c3cccc(O)c3)n3cccc23)c(OC(F)F)c1. The van der Waals surface area contributed by atoms with E-state index in [1.807, 2.05) is 37.4 Å². The fourth-order valence-electron chi connectivity index (χ4n) is 3.34. The van der Waals surface area contributed by atoms with E-state index >= 15 is 0 Å². The predicted molar refractivity (Wildman–Crippen MR) is 110 cm³/mol. The maximum atomic E-state index is 12.9. The smallest absolute Gasteiger partial charge is 0.387 e. The Morgan fingerprint density at radius 3 is 2.67 bits per heavy atom. The van der Waals surface area contributed by atoms with E-state index in [1.54, 1.807) is 41.7 Å². The number of aromatic hydroxyl groups is 1. The summed E-state index contributed by atoms with van der Waals surface area (Å²) >= 11 is 0. The molecule has 0 saturated heterocycles. The van der Waals surface area contributed by atoms with Crippen LogP contribution >= 0.6 is 0 Å². The number of hydrogen-bond acceptors (Lipinski definition) is 5. The van der Waals surface area contributed by atoms with Gasteiger partial charge in [0, 0.05) is 11.8 Å². The quantitative estimate of drug-likeness (QED) is 0.458. The van der Waals surface area contributed by atoms with E-state index in [0.717, 1.165) is 11.1 Å². The van der Waals surface area contributed by atoms with Crippen LogP contribution in [0.4, 0.5) is 14.7 Å². The van der Waals surface area contributed by atoms with Crippen molar-refractivity contribution in [2.45, 2.75) is 26.5 Å². The van der Waals surface area contributed by atoms with E-state index in [1.165, 1.54) is 0 Å². The number of rotatable bonds is 6. The van der Waals surface area contributed by atoms with Crippen molar-refractivity contribution in [1.82, 2.24) is 14.6 Å². The lowest BCUT2D eigenvalue weighted by atomic mass is 10.1. The monoisotopic (exact) mass is 410 g/mol. The minimum absolute atomic E-state index is 0.0521. The number of aryl methyl sites for hydroxylation is 1. The predicted octanol–water partition coefficient (Wildman–Crippen LogP) is 5.18. The lowest BCUT2D eigenvalue weighted by Crippen LogP contribution is -2.12. The molecule has 0 bridgehead atoms. The van der Waals surface area contributed by atoms with Gasteiger partial charge in [-0.2, -0.15) is 8.78 Å². The first kappa shape index (κ1) is 19.6. The van der Waals surface area contributed by atoms with Gasteiger partial charge >= 0.3 is 6.61 Å². The van der Waals surface area contributed by atoms with Crippen LogP contribution in [0.3, 0.4) is 0 Å². The minimum Gasteiger partial charge on any atom is -0.508 e. The number of nitrogens with one attached hydrogen (secondary N) is 1. The second-order valence-electron chi connectivity index (χ2n) is 6.97. The number of ether oxygens (including phenoxy) is 1. The van der Waals surface area contributed by atoms with Gasteiger partial charge in [0.15, 0.2) is 0 Å². The van der Waals surface area contributed by atoms with Crippen molar-refractivity contribution >= 4 is 11.5 Å². The van der Waals surface area contributed by atoms with Gasteiger partial charge < -0.3 is 15.2 Å². The van der Waals surface area contributed by atoms with Gasteiger partial charge in [0.05, 0.1) is 11.6 Å². The van der Waals surface area contributed by atoms with Crippen molar-refractivity contribution in [3.8, 4) is 22.8 Å². The van der Waals surface area contributed by atoms with Crippen LogP contribution in [0, 0.1) is 6.92 Å². The largest absolute Gasteiger partial charge is 0.508 e. The van der Waals surface area contributed by atoms with Gasteiger partial charge in [-0.25, -0.2) is 0 Å². The molecule has 0 saturated carbocycles. The van der Waals surface area contributed by atoms with Crippen LogP contribution in [-0.2, 0) is 0 Å². The second-order valence-corrected chi connectivity index (χ2v) is 6.97. The van der Waals surface area contributed by atoms with Gasteiger partial charge in [0.1, 0.15) is 17.2 Å². The molecule has 0 fully saturated rings. The zero-order valence-electron chi connectivity index (χ0n) is 16.4. The lowest BCUT2D eigenvalue weighted by molar-refractivity contribution is -0.0494. The summed E-state index contributed by atoms with van der Waals surface area (Å²) in [5, 5.41) is 21.6. The number of nitrogens with zero attached hydrogens (tertiary/aromatic N) is 3. The van der Waals surface area contributed by atoms with Gasteiger partial charge in [-0.3, -0.25) is 4.40 Å². The molecule has 0 spiro atoms. The summed E-state index contributed by atoms with van der Waals surface area (Å²) < 4.78 is 32.3. The number of fused-ring (bicyclic) bond motifs is 1. The molecule has 154 valence electrons. The highest BCUT2D eigenvalue weighted by atomic mass is 19.3. The Morgan fingerprint density at radius 2 is 1.90 bits per heavy atom. The second kappa shape index (κ2) is 7.98. The highest BCUT2D eigenvalue weighted by Crippen LogP contribution is 2.34. The highest BCUT2D eigenvalue weighted by Gasteiger charge is 2.18. The first-order valence-corrected chi connectivity index (χ1v) is 9.37. The van der Waals surface area contributed by atoms with Gasteiger partial charge in [0.2, 0.25) is 5.95 Å². The molecule has 30 heavy (non-hydrogen) atoms. The number of halogens is 2. The van der Waals surface area contributed by atoms with E-state index in [9.17, 15) is 13.9 Å². The van der Waals surface area contributed by atoms with E-state index in [-0.39, 0.29) is 17.5 Å². The lowest BCUT2D eigenvalue weighted by Gasteiger charge is -2.17. The summed E-state index contributed by atoms with van der Waals surface area (Å²) in [7, 11) is 0. The van der Waals surface area contributed by atoms with Gasteiger partial charge in [0.25, 0.3) is 0 Å². The molecule has 0 amide bonds. The van der Waals surface area contributed by atoms with Crippen molar-refractivity contribution < 1.29 is 18.6 Å². The van der Waals surface area contributed by atoms with Crippen LogP contribution in [0.1, 0.15) is 24.1 Å². The molecule has 4 aromatic rings. The molecule has 0 aliphatic rings. The van der Waals surface area contributed by atoms with Gasteiger partial charge in [-0.1, -0.05) is 18.2 Å². The van der Waals surface area contributed by atoms with E-state index < -0.39 is 6.61 Å². The summed E-state index contributed by atoms with van der Waals surface area (Å²) in [4.78, 5) is 0. The van der Waals surface area contributed by atoms with Crippen LogP contribution in [0.5, 0.6) is 11.5 Å². The third kappa shape index (κ3) is 3.89. The van der Waals surface area contributed by atoms with E-state index in [2.05, 4.69) is 15.5 Å². The molecule has 2 heterocycles. The summed E-state index contributed by atoms with van der Waals surface area (Å²) in [6, 6.07) is 15.5. The molecule has 8 heteroatoms. The fraction of sp³-hybridized carbons (Fsp3) is 0.182. The van der Waals surface area contributed by atoms with E-state index in [4.69, 9.17) is 4.74 Å². The molecule has 1 atom stereocenters. The molecular formula is C22H20F2N4O2. The van der Waals surface area contributed by atoms with Crippen molar-refractivity contribution in [1.29, 1.82) is 0 Å². The Bertz CT molecular complexity index is 1190. The molecule has 2 N–H and O–H groups in total. The average molecular weight is 410 g/mol. The third-order valence-electron chi connectivity index (χ3n) is 4.79. The highest BCUT2D eigenvalue weighted by molar-refractivity contribution is 5.81. The van der Waals surface area contributed by atoms with Crippen LogP contribution in [-0.4, -0.2) is 26.3 Å². The molecule has 0 aliphatic heterocycles. The number of benzene rings is 2. The molecule has 2 aromatic heterocycles. The summed E-state index contributed by atoms with van der Waals surface area (Å²) in [6.45, 7) is 0.801. The number of aromatic nitrogens is 3. The molecule has 6 nitrogen and oxygen atoms in total. The molecule has 0 radical (unpaired) electrons. The van der Waals surface area contributed by atoms with Crippen molar-refractivity contribution in [3.63, 3.8) is 0 Å². The number of phenols is 1. The molecule has 2 aromatic carbocycles. The van der Waals surface area contributed by atoms with Crippen LogP contribution in [0.2, 0.25) is 0 Å². The van der Waals surface area contributed by atoms with Gasteiger partial charge in [-0.05, 0) is 61.4 Å². The topological polar surface area (TPSA) is 71.7 Å². The van der Waals surface area contributed by atoms with Crippen molar-refractivity contribution in [2.24, 2.45) is 0 Å². The van der Waals surface area contributed by atoms with Crippen LogP contribution in [0.15, 0.2) is 60.8 Å². The Hall–Kier alpha value is -3.68. The zero-order valence-corrected chi connectivity index (χ0v) is 16.4. The summed E-state index contributed by atoms with van der Waals surface area (Å²) in [5.74, 6) is 0.717. The fourth-order valence-corrected chi connectivity index (χ4v) is 3.34. The van der Waals surface area contributed by atoms with Gasteiger partial charge in [-0.15, -0.1) is 10.2 Å². The third-order valence-corrected chi connectivity index (χ3v) is 4.79. The van der Waals surface area contributed by atoms with Crippen molar-refractivity contribution in [3.05, 3.63) is 71.9 Å². The first-order chi connectivity index (χ1) is 14.4. The Morgan fingerprint density at radius 1 is 1.07 bits per heavy atom. The molecule has 1 unspecified atom stereocenters. The Kier molecular flexibility index (Phi) is 5.22. The maximum Gasteiger partial charge on any atom is 0.387 e. The molecular weight excluding hydrogens is 390 g/mol. The van der Waals surface area contributed by atoms with E-state index in [0.29, 0.717) is 22.7 Å². The molecule has 4 rings (SSSR count). The van der Waals surface area contributed by atoms with Crippen LogP contribution in [0.25, 0.3) is 16.8 Å². The summed E-state index contributed by atoms with van der Waals surface area (Å²) in [5.41, 5.74) is 3.24.